The number of rotatable bonds is 5. The number of hydrogen-bond acceptors (Lipinski definition) is 2. The van der Waals surface area contributed by atoms with Gasteiger partial charge >= 0.3 is 0 Å². The molecular formula is C18H22N2O. The van der Waals surface area contributed by atoms with E-state index in [-0.39, 0.29) is 11.5 Å². The van der Waals surface area contributed by atoms with Gasteiger partial charge in [0.05, 0.1) is 24.3 Å². The molecule has 0 amide bonds. The Hall–Kier alpha value is -1.90. The molecule has 0 N–H and O–H groups in total. The van der Waals surface area contributed by atoms with Crippen molar-refractivity contribution in [1.29, 1.82) is 0 Å². The number of nitrogens with zero attached hydrogens (tertiary/aromatic N) is 2. The van der Waals surface area contributed by atoms with Crippen LogP contribution in [0.15, 0.2) is 36.8 Å². The molecule has 110 valence electrons. The van der Waals surface area contributed by atoms with Crippen molar-refractivity contribution in [3.8, 4) is 11.3 Å². The van der Waals surface area contributed by atoms with Crippen molar-refractivity contribution in [2.24, 2.45) is 5.41 Å². The van der Waals surface area contributed by atoms with Gasteiger partial charge in [-0.25, -0.2) is 4.98 Å². The van der Waals surface area contributed by atoms with Crippen molar-refractivity contribution in [2.45, 2.75) is 46.1 Å². The van der Waals surface area contributed by atoms with Crippen LogP contribution >= 0.6 is 0 Å². The third-order valence-electron chi connectivity index (χ3n) is 4.61. The van der Waals surface area contributed by atoms with Crippen molar-refractivity contribution >= 4 is 5.78 Å². The summed E-state index contributed by atoms with van der Waals surface area (Å²) in [6.45, 7) is 6.26. The molecule has 0 unspecified atom stereocenters. The zero-order chi connectivity index (χ0) is 15.0. The van der Waals surface area contributed by atoms with E-state index in [1.54, 1.807) is 0 Å². The van der Waals surface area contributed by atoms with E-state index >= 15 is 0 Å². The Bertz CT molecular complexity index is 669. The molecule has 0 spiro atoms. The predicted molar refractivity (Wildman–Crippen MR) is 84.1 cm³/mol. The van der Waals surface area contributed by atoms with Gasteiger partial charge in [0.2, 0.25) is 0 Å². The van der Waals surface area contributed by atoms with Gasteiger partial charge in [-0.2, -0.15) is 0 Å². The van der Waals surface area contributed by atoms with Gasteiger partial charge in [0.1, 0.15) is 5.78 Å². The molecule has 1 aliphatic rings. The number of carbonyl (C=O) groups is 1. The lowest BCUT2D eigenvalue weighted by molar-refractivity contribution is -0.128. The standard InChI is InChI=1S/C18H22N2O/c1-4-9-18(2,3)17(21)10-15-13-7-5-6-8-14(13)16-11-19-12-20(15)16/h5-8,11-12,15H,4,9-10H2,1-3H3/t15-/m0/s1. The van der Waals surface area contributed by atoms with Gasteiger partial charge in [0, 0.05) is 17.4 Å². The summed E-state index contributed by atoms with van der Waals surface area (Å²) in [6, 6.07) is 8.44. The molecular weight excluding hydrogens is 260 g/mol. The lowest BCUT2D eigenvalue weighted by atomic mass is 9.80. The Kier molecular flexibility index (Phi) is 3.44. The van der Waals surface area contributed by atoms with Crippen LogP contribution in [0, 0.1) is 5.41 Å². The largest absolute Gasteiger partial charge is 0.323 e. The van der Waals surface area contributed by atoms with Crippen LogP contribution in [0.2, 0.25) is 0 Å². The number of benzene rings is 1. The Balaban J connectivity index is 1.92. The summed E-state index contributed by atoms with van der Waals surface area (Å²) in [5, 5.41) is 0. The van der Waals surface area contributed by atoms with Crippen molar-refractivity contribution in [3.05, 3.63) is 42.4 Å². The molecule has 3 nitrogen and oxygen atoms in total. The van der Waals surface area contributed by atoms with E-state index in [0.717, 1.165) is 18.5 Å². The summed E-state index contributed by atoms with van der Waals surface area (Å²) in [5.74, 6) is 0.339. The summed E-state index contributed by atoms with van der Waals surface area (Å²) in [6.07, 6.45) is 6.27. The van der Waals surface area contributed by atoms with E-state index in [1.807, 2.05) is 24.7 Å². The first-order valence-corrected chi connectivity index (χ1v) is 7.69. The molecule has 3 rings (SSSR count). The first kappa shape index (κ1) is 14.1. The minimum absolute atomic E-state index is 0.0994. The van der Waals surface area contributed by atoms with E-state index in [0.29, 0.717) is 12.2 Å². The number of Topliss-reactive ketones (excluding diaryl/α,β-unsaturated/α-hetero) is 1. The SMILES string of the molecule is CCCC(C)(C)C(=O)C[C@H]1c2ccccc2-c2cncn21. The highest BCUT2D eigenvalue weighted by Crippen LogP contribution is 2.42. The van der Waals surface area contributed by atoms with Crippen LogP contribution < -0.4 is 0 Å². The second kappa shape index (κ2) is 5.14. The topological polar surface area (TPSA) is 34.9 Å². The number of imidazole rings is 1. The fourth-order valence-electron chi connectivity index (χ4n) is 3.36. The monoisotopic (exact) mass is 282 g/mol. The summed E-state index contributed by atoms with van der Waals surface area (Å²) in [4.78, 5) is 17.0. The number of hydrogen-bond donors (Lipinski definition) is 0. The summed E-state index contributed by atoms with van der Waals surface area (Å²) in [7, 11) is 0. The van der Waals surface area contributed by atoms with Crippen molar-refractivity contribution in [2.75, 3.05) is 0 Å². The Morgan fingerprint density at radius 2 is 2.10 bits per heavy atom. The summed E-state index contributed by atoms with van der Waals surface area (Å²) >= 11 is 0. The first-order chi connectivity index (χ1) is 10.0. The molecule has 2 heterocycles. The molecule has 1 aromatic heterocycles. The van der Waals surface area contributed by atoms with Gasteiger partial charge in [-0.1, -0.05) is 51.5 Å². The van der Waals surface area contributed by atoms with Crippen LogP contribution in [-0.2, 0) is 4.79 Å². The number of fused-ring (bicyclic) bond motifs is 3. The maximum Gasteiger partial charge on any atom is 0.140 e. The lowest BCUT2D eigenvalue weighted by Gasteiger charge is -2.25. The highest BCUT2D eigenvalue weighted by molar-refractivity contribution is 5.85. The maximum atomic E-state index is 12.7. The first-order valence-electron chi connectivity index (χ1n) is 7.69. The minimum atomic E-state index is -0.243. The second-order valence-corrected chi connectivity index (χ2v) is 6.55. The van der Waals surface area contributed by atoms with Crippen LogP contribution in [0.5, 0.6) is 0 Å². The van der Waals surface area contributed by atoms with Crippen LogP contribution in [0.3, 0.4) is 0 Å². The third-order valence-corrected chi connectivity index (χ3v) is 4.61. The van der Waals surface area contributed by atoms with Gasteiger partial charge in [-0.15, -0.1) is 0 Å². The molecule has 0 saturated heterocycles. The van der Waals surface area contributed by atoms with Gasteiger partial charge < -0.3 is 4.57 Å². The number of aromatic nitrogens is 2. The molecule has 0 bridgehead atoms. The van der Waals surface area contributed by atoms with Gasteiger partial charge in [-0.3, -0.25) is 4.79 Å². The smallest absolute Gasteiger partial charge is 0.140 e. The molecule has 0 fully saturated rings. The van der Waals surface area contributed by atoms with Gasteiger partial charge in [0.25, 0.3) is 0 Å². The minimum Gasteiger partial charge on any atom is -0.323 e. The zero-order valence-corrected chi connectivity index (χ0v) is 13.0. The average molecular weight is 282 g/mol. The average Bonchev–Trinajstić information content (AvgIpc) is 3.02. The van der Waals surface area contributed by atoms with Crippen molar-refractivity contribution in [3.63, 3.8) is 0 Å². The highest BCUT2D eigenvalue weighted by Gasteiger charge is 2.34. The molecule has 0 radical (unpaired) electrons. The van der Waals surface area contributed by atoms with E-state index in [4.69, 9.17) is 0 Å². The maximum absolute atomic E-state index is 12.7. The fraction of sp³-hybridized carbons (Fsp3) is 0.444. The van der Waals surface area contributed by atoms with Crippen LogP contribution in [-0.4, -0.2) is 15.3 Å². The highest BCUT2D eigenvalue weighted by atomic mass is 16.1. The van der Waals surface area contributed by atoms with E-state index < -0.39 is 0 Å². The van der Waals surface area contributed by atoms with Gasteiger partial charge in [-0.05, 0) is 12.0 Å². The van der Waals surface area contributed by atoms with Crippen LogP contribution in [0.25, 0.3) is 11.3 Å². The fourth-order valence-corrected chi connectivity index (χ4v) is 3.36. The summed E-state index contributed by atoms with van der Waals surface area (Å²) < 4.78 is 2.14. The molecule has 1 aromatic carbocycles. The van der Waals surface area contributed by atoms with Crippen molar-refractivity contribution < 1.29 is 4.79 Å². The van der Waals surface area contributed by atoms with E-state index in [1.165, 1.54) is 11.1 Å². The van der Waals surface area contributed by atoms with E-state index in [9.17, 15) is 4.79 Å². The molecule has 1 atom stereocenters. The Labute approximate surface area is 126 Å². The lowest BCUT2D eigenvalue weighted by Crippen LogP contribution is -2.26. The van der Waals surface area contributed by atoms with Gasteiger partial charge in [0.15, 0.2) is 0 Å². The quantitative estimate of drug-likeness (QED) is 0.822. The molecule has 1 aliphatic heterocycles. The Morgan fingerprint density at radius 1 is 1.33 bits per heavy atom. The molecule has 2 aromatic rings. The third kappa shape index (κ3) is 2.31. The van der Waals surface area contributed by atoms with E-state index in [2.05, 4.69) is 42.5 Å². The summed E-state index contributed by atoms with van der Waals surface area (Å²) in [5.41, 5.74) is 3.33. The molecule has 3 heteroatoms. The Morgan fingerprint density at radius 3 is 2.86 bits per heavy atom. The van der Waals surface area contributed by atoms with Crippen LogP contribution in [0.1, 0.15) is 51.6 Å². The predicted octanol–water partition coefficient (Wildman–Crippen LogP) is 4.24. The number of ketones is 1. The molecule has 21 heavy (non-hydrogen) atoms. The normalized spacial score (nSPS) is 16.6. The molecule has 0 aliphatic carbocycles. The molecule has 0 saturated carbocycles. The van der Waals surface area contributed by atoms with Crippen LogP contribution in [0.4, 0.5) is 0 Å². The van der Waals surface area contributed by atoms with Crippen molar-refractivity contribution in [1.82, 2.24) is 9.55 Å². The second-order valence-electron chi connectivity index (χ2n) is 6.55. The zero-order valence-electron chi connectivity index (χ0n) is 13.0. The number of carbonyl (C=O) groups excluding carboxylic acids is 1.